The van der Waals surface area contributed by atoms with Crippen molar-refractivity contribution in [3.05, 3.63) is 47.5 Å². The van der Waals surface area contributed by atoms with Crippen molar-refractivity contribution in [2.75, 3.05) is 13.2 Å². The number of hydrogen-bond donors (Lipinski definition) is 2. The van der Waals surface area contributed by atoms with Crippen molar-refractivity contribution in [3.8, 4) is 0 Å². The molecule has 3 N–H and O–H groups in total. The molecule has 1 aromatic rings. The third-order valence-electron chi connectivity index (χ3n) is 3.45. The summed E-state index contributed by atoms with van der Waals surface area (Å²) in [5, 5.41) is 2.59. The van der Waals surface area contributed by atoms with Crippen LogP contribution in [0.15, 0.2) is 36.4 Å². The molecule has 8 heteroatoms. The molecule has 26 heavy (non-hydrogen) atoms. The summed E-state index contributed by atoms with van der Waals surface area (Å²) in [6.45, 7) is 9.55. The lowest BCUT2D eigenvalue weighted by Gasteiger charge is -2.17. The zero-order valence-electron chi connectivity index (χ0n) is 15.5. The highest BCUT2D eigenvalue weighted by Crippen LogP contribution is 2.51. The molecule has 0 aromatic heterocycles. The fourth-order valence-electron chi connectivity index (χ4n) is 2.32. The van der Waals surface area contributed by atoms with Crippen LogP contribution >= 0.6 is 7.60 Å². The highest BCUT2D eigenvalue weighted by atomic mass is 31.2. The van der Waals surface area contributed by atoms with Gasteiger partial charge in [-0.3, -0.25) is 14.2 Å². The van der Waals surface area contributed by atoms with E-state index in [1.165, 1.54) is 0 Å². The second kappa shape index (κ2) is 10.3. The van der Waals surface area contributed by atoms with Gasteiger partial charge in [-0.25, -0.2) is 0 Å². The normalized spacial score (nSPS) is 12.4. The van der Waals surface area contributed by atoms with E-state index in [4.69, 9.17) is 14.8 Å². The Morgan fingerprint density at radius 1 is 1.19 bits per heavy atom. The number of primary amides is 1. The molecule has 0 bridgehead atoms. The Labute approximate surface area is 154 Å². The van der Waals surface area contributed by atoms with E-state index in [0.717, 1.165) is 11.1 Å². The molecule has 0 saturated carbocycles. The van der Waals surface area contributed by atoms with Gasteiger partial charge in [-0.2, -0.15) is 0 Å². The van der Waals surface area contributed by atoms with Gasteiger partial charge in [0, 0.05) is 5.56 Å². The summed E-state index contributed by atoms with van der Waals surface area (Å²) in [6.07, 6.45) is 0.404. The lowest BCUT2D eigenvalue weighted by molar-refractivity contribution is -0.119. The van der Waals surface area contributed by atoms with Crippen molar-refractivity contribution < 1.29 is 23.2 Å². The smallest absolute Gasteiger partial charge is 0.335 e. The SMILES string of the molecule is C=C(C)C[C@@H](NC(=O)c1ccc(CP(=O)(OCC)OCC)cc1)C(N)=O. The van der Waals surface area contributed by atoms with E-state index >= 15 is 0 Å². The summed E-state index contributed by atoms with van der Waals surface area (Å²) in [4.78, 5) is 23.7. The number of hydrogen-bond acceptors (Lipinski definition) is 5. The molecule has 0 heterocycles. The maximum absolute atomic E-state index is 12.5. The van der Waals surface area contributed by atoms with Gasteiger partial charge in [0.15, 0.2) is 0 Å². The molecule has 0 radical (unpaired) electrons. The summed E-state index contributed by atoms with van der Waals surface area (Å²) in [5.41, 5.74) is 7.14. The number of nitrogens with two attached hydrogens (primary N) is 1. The fourth-order valence-corrected chi connectivity index (χ4v) is 4.02. The Morgan fingerprint density at radius 3 is 2.15 bits per heavy atom. The Kier molecular flexibility index (Phi) is 8.72. The second-order valence-electron chi connectivity index (χ2n) is 5.89. The third-order valence-corrected chi connectivity index (χ3v) is 5.50. The van der Waals surface area contributed by atoms with Crippen molar-refractivity contribution >= 4 is 19.4 Å². The molecule has 1 rings (SSSR count). The number of amides is 2. The zero-order valence-corrected chi connectivity index (χ0v) is 16.4. The highest BCUT2D eigenvalue weighted by molar-refractivity contribution is 7.53. The van der Waals surface area contributed by atoms with E-state index in [2.05, 4.69) is 11.9 Å². The van der Waals surface area contributed by atoms with Gasteiger partial charge in [-0.15, -0.1) is 6.58 Å². The minimum atomic E-state index is -3.20. The van der Waals surface area contributed by atoms with E-state index in [0.29, 0.717) is 5.56 Å². The first-order valence-electron chi connectivity index (χ1n) is 8.42. The molecule has 0 aliphatic carbocycles. The summed E-state index contributed by atoms with van der Waals surface area (Å²) in [6, 6.07) is 5.72. The van der Waals surface area contributed by atoms with Crippen LogP contribution in [0, 0.1) is 0 Å². The Balaban J connectivity index is 2.82. The minimum Gasteiger partial charge on any atom is -0.368 e. The average molecular weight is 382 g/mol. The van der Waals surface area contributed by atoms with Crippen LogP contribution in [0.1, 0.15) is 43.1 Å². The number of rotatable bonds is 11. The van der Waals surface area contributed by atoms with Crippen LogP contribution in [0.4, 0.5) is 0 Å². The van der Waals surface area contributed by atoms with Crippen LogP contribution in [0.2, 0.25) is 0 Å². The van der Waals surface area contributed by atoms with E-state index in [1.54, 1.807) is 45.0 Å². The van der Waals surface area contributed by atoms with Gasteiger partial charge in [-0.05, 0) is 44.9 Å². The molecule has 0 aliphatic heterocycles. The van der Waals surface area contributed by atoms with Crippen LogP contribution in [-0.2, 0) is 24.6 Å². The standard InChI is InChI=1S/C18H27N2O5P/c1-5-24-26(23,25-6-2)12-14-7-9-15(10-8-14)18(22)20-16(17(19)21)11-13(3)4/h7-10,16H,3,5-6,11-12H2,1-2,4H3,(H2,19,21)(H,20,22)/t16-/m1/s1. The second-order valence-corrected chi connectivity index (χ2v) is 7.95. The van der Waals surface area contributed by atoms with Gasteiger partial charge in [0.25, 0.3) is 5.91 Å². The molecular weight excluding hydrogens is 355 g/mol. The first kappa shape index (κ1) is 22.1. The Morgan fingerprint density at radius 2 is 1.73 bits per heavy atom. The minimum absolute atomic E-state index is 0.121. The van der Waals surface area contributed by atoms with Gasteiger partial charge < -0.3 is 20.1 Å². The van der Waals surface area contributed by atoms with E-state index < -0.39 is 25.5 Å². The third kappa shape index (κ3) is 7.12. The molecule has 2 amide bonds. The number of benzene rings is 1. The van der Waals surface area contributed by atoms with Crippen molar-refractivity contribution in [2.24, 2.45) is 5.73 Å². The van der Waals surface area contributed by atoms with Crippen LogP contribution in [0.25, 0.3) is 0 Å². The number of nitrogens with one attached hydrogen (secondary N) is 1. The molecule has 0 unspecified atom stereocenters. The summed E-state index contributed by atoms with van der Waals surface area (Å²) >= 11 is 0. The monoisotopic (exact) mass is 382 g/mol. The predicted octanol–water partition coefficient (Wildman–Crippen LogP) is 3.00. The molecule has 0 saturated heterocycles. The molecule has 1 aromatic carbocycles. The van der Waals surface area contributed by atoms with Gasteiger partial charge in [0.05, 0.1) is 19.4 Å². The fraction of sp³-hybridized carbons (Fsp3) is 0.444. The molecule has 0 spiro atoms. The van der Waals surface area contributed by atoms with Gasteiger partial charge in [0.1, 0.15) is 6.04 Å². The van der Waals surface area contributed by atoms with Crippen LogP contribution < -0.4 is 11.1 Å². The van der Waals surface area contributed by atoms with Gasteiger partial charge in [0.2, 0.25) is 5.91 Å². The summed E-state index contributed by atoms with van der Waals surface area (Å²) in [7, 11) is -3.20. The molecule has 7 nitrogen and oxygen atoms in total. The lowest BCUT2D eigenvalue weighted by atomic mass is 10.1. The van der Waals surface area contributed by atoms with Crippen molar-refractivity contribution in [1.82, 2.24) is 5.32 Å². The molecule has 0 aliphatic rings. The van der Waals surface area contributed by atoms with Crippen molar-refractivity contribution in [1.29, 1.82) is 0 Å². The highest BCUT2D eigenvalue weighted by Gasteiger charge is 2.24. The van der Waals surface area contributed by atoms with E-state index in [-0.39, 0.29) is 25.8 Å². The summed E-state index contributed by atoms with van der Waals surface area (Å²) in [5.74, 6) is -1.04. The van der Waals surface area contributed by atoms with Crippen molar-refractivity contribution in [3.63, 3.8) is 0 Å². The molecular formula is C18H27N2O5P. The van der Waals surface area contributed by atoms with E-state index in [9.17, 15) is 14.2 Å². The van der Waals surface area contributed by atoms with Crippen LogP contribution in [-0.4, -0.2) is 31.1 Å². The molecule has 0 fully saturated rings. The topological polar surface area (TPSA) is 108 Å². The lowest BCUT2D eigenvalue weighted by Crippen LogP contribution is -2.44. The number of carbonyl (C=O) groups excluding carboxylic acids is 2. The zero-order chi connectivity index (χ0) is 19.7. The first-order valence-corrected chi connectivity index (χ1v) is 10.1. The Bertz CT molecular complexity index is 677. The predicted molar refractivity (Wildman–Crippen MR) is 101 cm³/mol. The van der Waals surface area contributed by atoms with Crippen molar-refractivity contribution in [2.45, 2.75) is 39.4 Å². The molecule has 1 atom stereocenters. The maximum atomic E-state index is 12.5. The quantitative estimate of drug-likeness (QED) is 0.452. The average Bonchev–Trinajstić information content (AvgIpc) is 2.54. The van der Waals surface area contributed by atoms with Crippen LogP contribution in [0.5, 0.6) is 0 Å². The van der Waals surface area contributed by atoms with Gasteiger partial charge >= 0.3 is 7.60 Å². The van der Waals surface area contributed by atoms with Gasteiger partial charge in [-0.1, -0.05) is 17.7 Å². The summed E-state index contributed by atoms with van der Waals surface area (Å²) < 4.78 is 23.1. The molecule has 144 valence electrons. The largest absolute Gasteiger partial charge is 0.368 e. The first-order chi connectivity index (χ1) is 12.2. The number of carbonyl (C=O) groups is 2. The van der Waals surface area contributed by atoms with E-state index in [1.807, 2.05) is 0 Å². The maximum Gasteiger partial charge on any atom is 0.335 e. The Hall–Kier alpha value is -1.95. The van der Waals surface area contributed by atoms with Crippen LogP contribution in [0.3, 0.4) is 0 Å².